The Morgan fingerprint density at radius 2 is 2.25 bits per heavy atom. The summed E-state index contributed by atoms with van der Waals surface area (Å²) in [7, 11) is 1.75. The summed E-state index contributed by atoms with van der Waals surface area (Å²) in [5, 5.41) is 4.32. The van der Waals surface area contributed by atoms with Gasteiger partial charge in [-0.1, -0.05) is 17.7 Å². The molecule has 0 saturated heterocycles. The molecule has 2 rings (SSSR count). The van der Waals surface area contributed by atoms with Crippen LogP contribution in [-0.4, -0.2) is 19.8 Å². The number of halogens is 1. The first-order valence-corrected chi connectivity index (χ1v) is 6.10. The molecule has 0 aromatic heterocycles. The molecule has 1 aromatic rings. The lowest BCUT2D eigenvalue weighted by Crippen LogP contribution is -2.27. The third-order valence-electron chi connectivity index (χ3n) is 3.08. The van der Waals surface area contributed by atoms with Crippen LogP contribution in [0.15, 0.2) is 18.2 Å². The van der Waals surface area contributed by atoms with E-state index in [1.54, 1.807) is 7.11 Å². The van der Waals surface area contributed by atoms with Crippen LogP contribution < -0.4 is 5.32 Å². The molecule has 3 heteroatoms. The van der Waals surface area contributed by atoms with E-state index >= 15 is 0 Å². The maximum Gasteiger partial charge on any atom is 0.0666 e. The van der Waals surface area contributed by atoms with Crippen molar-refractivity contribution in [1.29, 1.82) is 0 Å². The average Bonchev–Trinajstić information content (AvgIpc) is 3.06. The van der Waals surface area contributed by atoms with E-state index < -0.39 is 0 Å². The second-order valence-corrected chi connectivity index (χ2v) is 4.94. The number of aryl methyl sites for hydroxylation is 1. The van der Waals surface area contributed by atoms with Gasteiger partial charge in [0.1, 0.15) is 0 Å². The Morgan fingerprint density at radius 3 is 2.88 bits per heavy atom. The first-order chi connectivity index (χ1) is 7.70. The van der Waals surface area contributed by atoms with Gasteiger partial charge in [0.15, 0.2) is 0 Å². The quantitative estimate of drug-likeness (QED) is 0.850. The Labute approximate surface area is 102 Å². The van der Waals surface area contributed by atoms with E-state index in [4.69, 9.17) is 16.3 Å². The number of benzene rings is 1. The molecule has 1 aromatic carbocycles. The number of hydrogen-bond donors (Lipinski definition) is 1. The van der Waals surface area contributed by atoms with Gasteiger partial charge >= 0.3 is 0 Å². The molecular formula is C13H18ClNO. The third-order valence-corrected chi connectivity index (χ3v) is 3.31. The van der Waals surface area contributed by atoms with Gasteiger partial charge in [0, 0.05) is 17.8 Å². The van der Waals surface area contributed by atoms with E-state index in [0.29, 0.717) is 6.04 Å². The topological polar surface area (TPSA) is 21.3 Å². The van der Waals surface area contributed by atoms with Crippen molar-refractivity contribution >= 4 is 17.3 Å². The van der Waals surface area contributed by atoms with Gasteiger partial charge in [0.25, 0.3) is 0 Å². The van der Waals surface area contributed by atoms with E-state index in [-0.39, 0.29) is 0 Å². The number of rotatable bonds is 5. The van der Waals surface area contributed by atoms with Gasteiger partial charge in [-0.25, -0.2) is 0 Å². The standard InChI is InChI=1S/C13H18ClNO/c1-9-3-6-11(14)7-12(9)15-13(8-16-2)10-4-5-10/h3,6-7,10,13,15H,4-5,8H2,1-2H3. The fraction of sp³-hybridized carbons (Fsp3) is 0.538. The minimum Gasteiger partial charge on any atom is -0.383 e. The van der Waals surface area contributed by atoms with Crippen molar-refractivity contribution in [2.75, 3.05) is 19.0 Å². The lowest BCUT2D eigenvalue weighted by Gasteiger charge is -2.20. The lowest BCUT2D eigenvalue weighted by atomic mass is 10.1. The predicted octanol–water partition coefficient (Wildman–Crippen LogP) is 3.49. The van der Waals surface area contributed by atoms with Crippen LogP contribution in [-0.2, 0) is 4.74 Å². The molecule has 88 valence electrons. The summed E-state index contributed by atoms with van der Waals surface area (Å²) in [6.45, 7) is 2.85. The average molecular weight is 240 g/mol. The number of nitrogens with one attached hydrogen (secondary N) is 1. The number of ether oxygens (including phenoxy) is 1. The molecule has 1 atom stereocenters. The van der Waals surface area contributed by atoms with Gasteiger partial charge in [-0.05, 0) is 43.4 Å². The smallest absolute Gasteiger partial charge is 0.0666 e. The van der Waals surface area contributed by atoms with E-state index in [1.165, 1.54) is 18.4 Å². The summed E-state index contributed by atoms with van der Waals surface area (Å²) in [6, 6.07) is 6.37. The van der Waals surface area contributed by atoms with Crippen molar-refractivity contribution in [3.63, 3.8) is 0 Å². The van der Waals surface area contributed by atoms with Crippen molar-refractivity contribution in [3.05, 3.63) is 28.8 Å². The van der Waals surface area contributed by atoms with E-state index in [2.05, 4.69) is 12.2 Å². The fourth-order valence-corrected chi connectivity index (χ4v) is 2.10. The zero-order valence-electron chi connectivity index (χ0n) is 9.79. The third kappa shape index (κ3) is 2.89. The Balaban J connectivity index is 2.08. The fourth-order valence-electron chi connectivity index (χ4n) is 1.92. The Morgan fingerprint density at radius 1 is 1.50 bits per heavy atom. The number of methoxy groups -OCH3 is 1. The van der Waals surface area contributed by atoms with E-state index in [0.717, 1.165) is 23.2 Å². The van der Waals surface area contributed by atoms with Crippen molar-refractivity contribution in [2.45, 2.75) is 25.8 Å². The maximum absolute atomic E-state index is 6.00. The lowest BCUT2D eigenvalue weighted by molar-refractivity contribution is 0.179. The molecule has 1 saturated carbocycles. The van der Waals surface area contributed by atoms with Gasteiger partial charge in [0.05, 0.1) is 12.6 Å². The monoisotopic (exact) mass is 239 g/mol. The minimum atomic E-state index is 0.419. The second-order valence-electron chi connectivity index (χ2n) is 4.50. The molecule has 2 nitrogen and oxygen atoms in total. The van der Waals surface area contributed by atoms with Crippen LogP contribution in [0.1, 0.15) is 18.4 Å². The van der Waals surface area contributed by atoms with Crippen LogP contribution in [0.2, 0.25) is 5.02 Å². The Bertz CT molecular complexity index is 363. The van der Waals surface area contributed by atoms with Crippen LogP contribution in [0.3, 0.4) is 0 Å². The molecule has 1 aliphatic carbocycles. The van der Waals surface area contributed by atoms with Crippen LogP contribution in [0, 0.1) is 12.8 Å². The molecule has 1 N–H and O–H groups in total. The molecule has 0 radical (unpaired) electrons. The SMILES string of the molecule is COCC(Nc1cc(Cl)ccc1C)C1CC1. The first kappa shape index (κ1) is 11.7. The van der Waals surface area contributed by atoms with Crippen LogP contribution in [0.5, 0.6) is 0 Å². The first-order valence-electron chi connectivity index (χ1n) is 5.72. The van der Waals surface area contributed by atoms with Crippen molar-refractivity contribution in [3.8, 4) is 0 Å². The molecule has 1 aliphatic rings. The maximum atomic E-state index is 6.00. The highest BCUT2D eigenvalue weighted by Crippen LogP contribution is 2.35. The van der Waals surface area contributed by atoms with Crippen molar-refractivity contribution in [2.24, 2.45) is 5.92 Å². The van der Waals surface area contributed by atoms with Crippen LogP contribution in [0.25, 0.3) is 0 Å². The highest BCUT2D eigenvalue weighted by molar-refractivity contribution is 6.30. The highest BCUT2D eigenvalue weighted by Gasteiger charge is 2.31. The zero-order chi connectivity index (χ0) is 11.5. The number of anilines is 1. The molecule has 1 unspecified atom stereocenters. The summed E-state index contributed by atoms with van der Waals surface area (Å²) >= 11 is 6.00. The van der Waals surface area contributed by atoms with Crippen LogP contribution >= 0.6 is 11.6 Å². The van der Waals surface area contributed by atoms with Gasteiger partial charge in [-0.3, -0.25) is 0 Å². The molecule has 0 spiro atoms. The van der Waals surface area contributed by atoms with Crippen molar-refractivity contribution < 1.29 is 4.74 Å². The van der Waals surface area contributed by atoms with Gasteiger partial charge < -0.3 is 10.1 Å². The predicted molar refractivity (Wildman–Crippen MR) is 68.2 cm³/mol. The zero-order valence-corrected chi connectivity index (χ0v) is 10.6. The summed E-state index contributed by atoms with van der Waals surface area (Å²) in [6.07, 6.45) is 2.61. The molecule has 0 bridgehead atoms. The normalized spacial score (nSPS) is 17.2. The van der Waals surface area contributed by atoms with Crippen LogP contribution in [0.4, 0.5) is 5.69 Å². The molecular weight excluding hydrogens is 222 g/mol. The molecule has 0 amide bonds. The minimum absolute atomic E-state index is 0.419. The molecule has 16 heavy (non-hydrogen) atoms. The Hall–Kier alpha value is -0.730. The number of hydrogen-bond acceptors (Lipinski definition) is 2. The van der Waals surface area contributed by atoms with Gasteiger partial charge in [-0.2, -0.15) is 0 Å². The Kier molecular flexibility index (Phi) is 3.72. The van der Waals surface area contributed by atoms with E-state index in [9.17, 15) is 0 Å². The molecule has 0 heterocycles. The van der Waals surface area contributed by atoms with Gasteiger partial charge in [-0.15, -0.1) is 0 Å². The summed E-state index contributed by atoms with van der Waals surface area (Å²) in [5.74, 6) is 0.762. The molecule has 0 aliphatic heterocycles. The van der Waals surface area contributed by atoms with Crippen molar-refractivity contribution in [1.82, 2.24) is 0 Å². The second kappa shape index (κ2) is 5.07. The summed E-state index contributed by atoms with van der Waals surface area (Å²) in [5.41, 5.74) is 2.35. The largest absolute Gasteiger partial charge is 0.383 e. The summed E-state index contributed by atoms with van der Waals surface area (Å²) in [4.78, 5) is 0. The van der Waals surface area contributed by atoms with E-state index in [1.807, 2.05) is 18.2 Å². The highest BCUT2D eigenvalue weighted by atomic mass is 35.5. The summed E-state index contributed by atoms with van der Waals surface area (Å²) < 4.78 is 5.25. The van der Waals surface area contributed by atoms with Gasteiger partial charge in [0.2, 0.25) is 0 Å². The molecule has 1 fully saturated rings.